The summed E-state index contributed by atoms with van der Waals surface area (Å²) in [5.41, 5.74) is 13.3. The first kappa shape index (κ1) is 29.2. The van der Waals surface area contributed by atoms with Crippen LogP contribution in [-0.2, 0) is 34.9 Å². The topological polar surface area (TPSA) is 234 Å². The van der Waals surface area contributed by atoms with Crippen molar-refractivity contribution in [1.29, 1.82) is 0 Å². The maximum Gasteiger partial charge on any atom is 0.694 e. The van der Waals surface area contributed by atoms with E-state index in [1.165, 1.54) is 25.3 Å². The highest BCUT2D eigenvalue weighted by Crippen LogP contribution is 2.50. The molecule has 6 rings (SSSR count). The molecule has 2 unspecified atom stereocenters. The van der Waals surface area contributed by atoms with Crippen LogP contribution in [-0.4, -0.2) is 86.6 Å². The molecule has 4 aromatic heterocycles. The van der Waals surface area contributed by atoms with Gasteiger partial charge < -0.3 is 30.4 Å². The minimum atomic E-state index is -3.50. The maximum atomic E-state index is 15.0. The van der Waals surface area contributed by atoms with Crippen LogP contribution in [0, 0.1) is 5.92 Å². The molecule has 0 spiro atoms. The first-order chi connectivity index (χ1) is 20.1. The van der Waals surface area contributed by atoms with Crippen molar-refractivity contribution in [3.05, 3.63) is 25.3 Å². The number of nitrogens with two attached hydrogens (primary N) is 2. The minimum Gasteiger partial charge on any atom is -0.382 e. The van der Waals surface area contributed by atoms with Gasteiger partial charge in [-0.3, -0.25) is 9.13 Å². The van der Waals surface area contributed by atoms with Gasteiger partial charge in [0.2, 0.25) is 0 Å². The van der Waals surface area contributed by atoms with Crippen LogP contribution in [0.5, 0.6) is 0 Å². The summed E-state index contributed by atoms with van der Waals surface area (Å²) in [4.78, 5) is 44.9. The van der Waals surface area contributed by atoms with E-state index in [2.05, 4.69) is 29.9 Å². The van der Waals surface area contributed by atoms with E-state index in [0.717, 1.165) is 0 Å². The molecule has 2 aliphatic rings. The van der Waals surface area contributed by atoms with E-state index in [1.54, 1.807) is 9.13 Å². The SMILES string of the molecule is Nc1ncnc2c1ncn2[C@H]1C[C@H](CP(O)(=S)OC[C@H]2O[C@@H](n3cnc4c(N)ncnc43)C[C@H]2F)[C@@H](CO[P+](=O)O)O1. The first-order valence-electron chi connectivity index (χ1n) is 12.7. The molecule has 2 fully saturated rings. The number of rotatable bonds is 10. The van der Waals surface area contributed by atoms with Gasteiger partial charge in [-0.1, -0.05) is 0 Å². The van der Waals surface area contributed by atoms with E-state index in [-0.39, 0.29) is 37.4 Å². The molecule has 2 saturated heterocycles. The summed E-state index contributed by atoms with van der Waals surface area (Å²) >= 11 is 5.42. The second-order valence-corrected chi connectivity index (χ2v) is 14.2. The number of aromatic nitrogens is 8. The van der Waals surface area contributed by atoms with Gasteiger partial charge in [-0.25, -0.2) is 34.3 Å². The Balaban J connectivity index is 1.12. The predicted octanol–water partition coefficient (Wildman–Crippen LogP) is 1.34. The highest BCUT2D eigenvalue weighted by atomic mass is 32.5. The van der Waals surface area contributed by atoms with Gasteiger partial charge in [-0.15, -0.1) is 9.42 Å². The van der Waals surface area contributed by atoms with E-state index < -0.39 is 51.5 Å². The zero-order valence-electron chi connectivity index (χ0n) is 21.7. The van der Waals surface area contributed by atoms with Crippen LogP contribution in [0.3, 0.4) is 0 Å². The van der Waals surface area contributed by atoms with Crippen molar-refractivity contribution in [2.75, 3.05) is 30.8 Å². The molecule has 0 radical (unpaired) electrons. The van der Waals surface area contributed by atoms with Crippen LogP contribution in [0.4, 0.5) is 16.0 Å². The fraction of sp³-hybridized carbons (Fsp3) is 0.524. The van der Waals surface area contributed by atoms with Gasteiger partial charge in [0.1, 0.15) is 55.0 Å². The van der Waals surface area contributed by atoms with Crippen LogP contribution in [0.1, 0.15) is 25.3 Å². The number of halogens is 1. The number of ether oxygens (including phenoxy) is 2. The van der Waals surface area contributed by atoms with Crippen LogP contribution >= 0.6 is 14.7 Å². The number of hydrogen-bond acceptors (Lipinski definition) is 14. The lowest BCUT2D eigenvalue weighted by Gasteiger charge is -2.23. The molecule has 42 heavy (non-hydrogen) atoms. The van der Waals surface area contributed by atoms with Gasteiger partial charge in [-0.05, 0) is 18.2 Å². The fourth-order valence-corrected chi connectivity index (χ4v) is 7.67. The van der Waals surface area contributed by atoms with Crippen molar-refractivity contribution < 1.29 is 37.3 Å². The highest BCUT2D eigenvalue weighted by molar-refractivity contribution is 8.09. The molecular formula is C21H26FN10O7P2S+. The summed E-state index contributed by atoms with van der Waals surface area (Å²) in [6.07, 6.45) is 1.34. The zero-order chi connectivity index (χ0) is 29.6. The summed E-state index contributed by atoms with van der Waals surface area (Å²) < 4.78 is 52.0. The molecular weight excluding hydrogens is 617 g/mol. The summed E-state index contributed by atoms with van der Waals surface area (Å²) in [6.45, 7) is -4.03. The van der Waals surface area contributed by atoms with Crippen LogP contribution in [0.15, 0.2) is 25.3 Å². The standard InChI is InChI=1S/C21H25FN10O7P2S/c22-11-2-15(32-9-30-17-19(24)26-7-28-21(17)32)39-13(11)4-37-41(35,42)5-10-1-14(38-12(10)3-36-40(33)34)31-8-29-16-18(23)25-6-27-20(16)31/h6-15H,1-5H2,(H5-,23,24,25,26,27,28,33,34,35,42)/p+1/t10-,11-,12-,13-,14-,15-,41?/m1/s1. The normalized spacial score (nSPS) is 28.0. The molecule has 2 aliphatic heterocycles. The lowest BCUT2D eigenvalue weighted by molar-refractivity contribution is -0.0282. The van der Waals surface area contributed by atoms with Crippen LogP contribution < -0.4 is 11.5 Å². The Morgan fingerprint density at radius 3 is 2.14 bits per heavy atom. The smallest absolute Gasteiger partial charge is 0.382 e. The summed E-state index contributed by atoms with van der Waals surface area (Å²) in [7, 11) is -2.89. The Labute approximate surface area is 242 Å². The molecule has 0 aromatic carbocycles. The zero-order valence-corrected chi connectivity index (χ0v) is 24.3. The third kappa shape index (κ3) is 5.84. The first-order valence-corrected chi connectivity index (χ1v) is 16.6. The minimum absolute atomic E-state index is 0.00151. The Bertz CT molecular complexity index is 1680. The Morgan fingerprint density at radius 1 is 0.976 bits per heavy atom. The van der Waals surface area contributed by atoms with Crippen LogP contribution in [0.25, 0.3) is 22.3 Å². The second-order valence-electron chi connectivity index (χ2n) is 9.82. The molecule has 17 nitrogen and oxygen atoms in total. The lowest BCUT2D eigenvalue weighted by Crippen LogP contribution is -2.26. The average molecular weight is 644 g/mol. The lowest BCUT2D eigenvalue weighted by atomic mass is 10.0. The molecule has 6 heterocycles. The second kappa shape index (κ2) is 11.7. The van der Waals surface area contributed by atoms with Gasteiger partial charge >= 0.3 is 8.25 Å². The number of imidazole rings is 2. The molecule has 21 heteroatoms. The van der Waals surface area contributed by atoms with Crippen molar-refractivity contribution in [2.45, 2.75) is 43.7 Å². The fourth-order valence-electron chi connectivity index (χ4n) is 5.17. The summed E-state index contributed by atoms with van der Waals surface area (Å²) in [5, 5.41) is 0. The number of nitrogens with zero attached hydrogens (tertiary/aromatic N) is 8. The molecule has 6 N–H and O–H groups in total. The molecule has 224 valence electrons. The van der Waals surface area contributed by atoms with Crippen molar-refractivity contribution >= 4 is 60.5 Å². The van der Waals surface area contributed by atoms with Crippen molar-refractivity contribution in [2.24, 2.45) is 5.92 Å². The number of fused-ring (bicyclic) bond motifs is 2. The van der Waals surface area contributed by atoms with E-state index >= 15 is 0 Å². The largest absolute Gasteiger partial charge is 0.694 e. The number of alkyl halides is 1. The highest BCUT2D eigenvalue weighted by Gasteiger charge is 2.43. The number of nitrogen functional groups attached to an aromatic ring is 2. The van der Waals surface area contributed by atoms with Crippen molar-refractivity contribution in [1.82, 2.24) is 39.0 Å². The molecule has 0 aliphatic carbocycles. The molecule has 0 amide bonds. The molecule has 4 aromatic rings. The van der Waals surface area contributed by atoms with Gasteiger partial charge in [0.15, 0.2) is 29.4 Å². The van der Waals surface area contributed by atoms with Gasteiger partial charge in [0, 0.05) is 23.1 Å². The Morgan fingerprint density at radius 2 is 1.55 bits per heavy atom. The van der Waals surface area contributed by atoms with Crippen molar-refractivity contribution in [3.8, 4) is 0 Å². The van der Waals surface area contributed by atoms with Crippen molar-refractivity contribution in [3.63, 3.8) is 0 Å². The number of hydrogen-bond donors (Lipinski definition) is 4. The summed E-state index contributed by atoms with van der Waals surface area (Å²) in [5.74, 6) is -0.0510. The Kier molecular flexibility index (Phi) is 8.12. The van der Waals surface area contributed by atoms with E-state index in [9.17, 15) is 18.7 Å². The predicted molar refractivity (Wildman–Crippen MR) is 148 cm³/mol. The van der Waals surface area contributed by atoms with Gasteiger partial charge in [-0.2, -0.15) is 0 Å². The monoisotopic (exact) mass is 643 g/mol. The third-order valence-electron chi connectivity index (χ3n) is 7.17. The van der Waals surface area contributed by atoms with E-state index in [1.807, 2.05) is 0 Å². The Hall–Kier alpha value is -2.86. The van der Waals surface area contributed by atoms with Crippen LogP contribution in [0.2, 0.25) is 0 Å². The maximum absolute atomic E-state index is 15.0. The van der Waals surface area contributed by atoms with E-state index in [0.29, 0.717) is 28.7 Å². The quantitative estimate of drug-likeness (QED) is 0.179. The molecule has 8 atom stereocenters. The summed E-state index contributed by atoms with van der Waals surface area (Å²) in [6, 6.07) is 0. The number of anilines is 2. The molecule has 0 bridgehead atoms. The van der Waals surface area contributed by atoms with Gasteiger partial charge in [0.05, 0.1) is 25.4 Å². The molecule has 0 saturated carbocycles. The van der Waals surface area contributed by atoms with Gasteiger partial charge in [0.25, 0.3) is 0 Å². The van der Waals surface area contributed by atoms with E-state index in [4.69, 9.17) is 41.8 Å². The average Bonchev–Trinajstić information content (AvgIpc) is 3.72. The third-order valence-corrected chi connectivity index (χ3v) is 9.79.